The number of nitrogens with one attached hydrogen (secondary N) is 1. The lowest BCUT2D eigenvalue weighted by Gasteiger charge is -2.25. The van der Waals surface area contributed by atoms with Gasteiger partial charge in [0.05, 0.1) is 6.07 Å². The Morgan fingerprint density at radius 2 is 2.15 bits per heavy atom. The summed E-state index contributed by atoms with van der Waals surface area (Å²) < 4.78 is 0. The maximum atomic E-state index is 9.53. The quantitative estimate of drug-likeness (QED) is 0.901. The number of thioether (sulfide) groups is 1. The number of hydrogen-bond donors (Lipinski definition) is 1. The van der Waals surface area contributed by atoms with Crippen LogP contribution >= 0.6 is 11.8 Å². The Bertz CT molecular complexity index is 518. The molecule has 2 atom stereocenters. The third-order valence-corrected chi connectivity index (χ3v) is 5.31. The predicted molar refractivity (Wildman–Crippen MR) is 86.0 cm³/mol. The third kappa shape index (κ3) is 3.56. The molecular weight excluding hydrogens is 264 g/mol. The zero-order chi connectivity index (χ0) is 14.8. The normalized spacial score (nSPS) is 25.9. The van der Waals surface area contributed by atoms with Crippen molar-refractivity contribution in [1.29, 1.82) is 5.26 Å². The van der Waals surface area contributed by atoms with Crippen LogP contribution in [0.15, 0.2) is 23.1 Å². The van der Waals surface area contributed by atoms with Gasteiger partial charge in [-0.25, -0.2) is 0 Å². The standard InChI is InChI=1S/C17H24N2S/c1-12(2)19-17(11-18)8-7-15(10-17)20-16-9-13(3)5-6-14(16)4/h5-6,9,12,15,19H,7-8,10H2,1-4H3. The van der Waals surface area contributed by atoms with Gasteiger partial charge >= 0.3 is 0 Å². The first-order valence-electron chi connectivity index (χ1n) is 7.37. The number of nitriles is 1. The summed E-state index contributed by atoms with van der Waals surface area (Å²) >= 11 is 1.95. The number of hydrogen-bond acceptors (Lipinski definition) is 3. The van der Waals surface area contributed by atoms with Crippen molar-refractivity contribution in [2.75, 3.05) is 0 Å². The molecule has 3 heteroatoms. The molecule has 1 aliphatic rings. The van der Waals surface area contributed by atoms with Crippen LogP contribution in [0.5, 0.6) is 0 Å². The lowest BCUT2D eigenvalue weighted by atomic mass is 9.99. The Hall–Kier alpha value is -0.980. The Kier molecular flexibility index (Phi) is 4.78. The van der Waals surface area contributed by atoms with Crippen molar-refractivity contribution >= 4 is 11.8 Å². The second-order valence-electron chi connectivity index (χ2n) is 6.24. The van der Waals surface area contributed by atoms with Crippen LogP contribution in [-0.2, 0) is 0 Å². The number of benzene rings is 1. The highest BCUT2D eigenvalue weighted by atomic mass is 32.2. The van der Waals surface area contributed by atoms with Crippen LogP contribution in [0.3, 0.4) is 0 Å². The van der Waals surface area contributed by atoms with Crippen LogP contribution in [0, 0.1) is 25.2 Å². The van der Waals surface area contributed by atoms with E-state index in [1.54, 1.807) is 0 Å². The van der Waals surface area contributed by atoms with Crippen molar-refractivity contribution in [1.82, 2.24) is 5.32 Å². The molecule has 0 saturated heterocycles. The molecule has 0 bridgehead atoms. The van der Waals surface area contributed by atoms with Crippen molar-refractivity contribution in [3.05, 3.63) is 29.3 Å². The van der Waals surface area contributed by atoms with Gasteiger partial charge in [0.2, 0.25) is 0 Å². The summed E-state index contributed by atoms with van der Waals surface area (Å²) in [6.45, 7) is 8.53. The van der Waals surface area contributed by atoms with Crippen LogP contribution in [0.2, 0.25) is 0 Å². The minimum absolute atomic E-state index is 0.316. The summed E-state index contributed by atoms with van der Waals surface area (Å²) in [4.78, 5) is 1.37. The Morgan fingerprint density at radius 1 is 1.40 bits per heavy atom. The molecule has 0 spiro atoms. The van der Waals surface area contributed by atoms with E-state index in [0.717, 1.165) is 19.3 Å². The van der Waals surface area contributed by atoms with Gasteiger partial charge in [-0.2, -0.15) is 5.26 Å². The smallest absolute Gasteiger partial charge is 0.108 e. The Morgan fingerprint density at radius 3 is 2.80 bits per heavy atom. The van der Waals surface area contributed by atoms with Gasteiger partial charge in [-0.1, -0.05) is 17.7 Å². The summed E-state index contributed by atoms with van der Waals surface area (Å²) in [5.74, 6) is 0. The predicted octanol–water partition coefficient (Wildman–Crippen LogP) is 4.21. The first kappa shape index (κ1) is 15.4. The van der Waals surface area contributed by atoms with Crippen LogP contribution < -0.4 is 5.32 Å². The van der Waals surface area contributed by atoms with E-state index in [9.17, 15) is 5.26 Å². The van der Waals surface area contributed by atoms with E-state index in [0.29, 0.717) is 11.3 Å². The third-order valence-electron chi connectivity index (χ3n) is 3.89. The molecule has 2 unspecified atom stereocenters. The Balaban J connectivity index is 2.06. The number of nitrogens with zero attached hydrogens (tertiary/aromatic N) is 1. The molecule has 2 rings (SSSR count). The van der Waals surface area contributed by atoms with Gasteiger partial charge in [-0.15, -0.1) is 11.8 Å². The average molecular weight is 288 g/mol. The van der Waals surface area contributed by atoms with Gasteiger partial charge in [0.15, 0.2) is 0 Å². The van der Waals surface area contributed by atoms with Gasteiger partial charge in [0.25, 0.3) is 0 Å². The minimum Gasteiger partial charge on any atom is -0.297 e. The zero-order valence-electron chi connectivity index (χ0n) is 12.9. The maximum absolute atomic E-state index is 9.53. The molecule has 20 heavy (non-hydrogen) atoms. The molecule has 0 aliphatic heterocycles. The minimum atomic E-state index is -0.316. The highest BCUT2D eigenvalue weighted by molar-refractivity contribution is 8.00. The van der Waals surface area contributed by atoms with Gasteiger partial charge in [0, 0.05) is 16.2 Å². The molecule has 1 fully saturated rings. The highest BCUT2D eigenvalue weighted by Crippen LogP contribution is 2.41. The fraction of sp³-hybridized carbons (Fsp3) is 0.588. The summed E-state index contributed by atoms with van der Waals surface area (Å²) in [6, 6.07) is 9.50. The summed E-state index contributed by atoms with van der Waals surface area (Å²) in [6.07, 6.45) is 3.02. The van der Waals surface area contributed by atoms with E-state index >= 15 is 0 Å². The molecule has 1 N–H and O–H groups in total. The van der Waals surface area contributed by atoms with Gasteiger partial charge < -0.3 is 0 Å². The molecule has 1 saturated carbocycles. The molecule has 1 aromatic rings. The van der Waals surface area contributed by atoms with Gasteiger partial charge in [-0.05, 0) is 58.6 Å². The number of rotatable bonds is 4. The van der Waals surface area contributed by atoms with Crippen LogP contribution in [0.4, 0.5) is 0 Å². The van der Waals surface area contributed by atoms with Crippen molar-refractivity contribution < 1.29 is 0 Å². The van der Waals surface area contributed by atoms with E-state index in [4.69, 9.17) is 0 Å². The lowest BCUT2D eigenvalue weighted by Crippen LogP contribution is -2.45. The molecule has 108 valence electrons. The molecular formula is C17H24N2S. The van der Waals surface area contributed by atoms with Gasteiger partial charge in [0.1, 0.15) is 5.54 Å². The van der Waals surface area contributed by atoms with E-state index in [1.165, 1.54) is 16.0 Å². The van der Waals surface area contributed by atoms with Crippen LogP contribution in [-0.4, -0.2) is 16.8 Å². The number of aryl methyl sites for hydroxylation is 2. The van der Waals surface area contributed by atoms with Crippen molar-refractivity contribution in [3.8, 4) is 6.07 Å². The first-order chi connectivity index (χ1) is 9.44. The van der Waals surface area contributed by atoms with Crippen molar-refractivity contribution in [2.45, 2.75) is 68.7 Å². The van der Waals surface area contributed by atoms with E-state index in [-0.39, 0.29) is 5.54 Å². The molecule has 0 aromatic heterocycles. The first-order valence-corrected chi connectivity index (χ1v) is 8.25. The average Bonchev–Trinajstić information content (AvgIpc) is 2.77. The second kappa shape index (κ2) is 6.20. The summed E-state index contributed by atoms with van der Waals surface area (Å²) in [7, 11) is 0. The van der Waals surface area contributed by atoms with Crippen LogP contribution in [0.25, 0.3) is 0 Å². The fourth-order valence-corrected chi connectivity index (χ4v) is 4.40. The molecule has 0 heterocycles. The molecule has 1 aliphatic carbocycles. The molecule has 1 aromatic carbocycles. The molecule has 0 radical (unpaired) electrons. The topological polar surface area (TPSA) is 35.8 Å². The SMILES string of the molecule is Cc1ccc(C)c(SC2CCC(C#N)(NC(C)C)C2)c1. The summed E-state index contributed by atoms with van der Waals surface area (Å²) in [5, 5.41) is 13.5. The fourth-order valence-electron chi connectivity index (χ4n) is 2.93. The molecule has 2 nitrogen and oxygen atoms in total. The van der Waals surface area contributed by atoms with Crippen LogP contribution in [0.1, 0.15) is 44.2 Å². The van der Waals surface area contributed by atoms with Crippen molar-refractivity contribution in [2.24, 2.45) is 0 Å². The monoisotopic (exact) mass is 288 g/mol. The maximum Gasteiger partial charge on any atom is 0.108 e. The largest absolute Gasteiger partial charge is 0.297 e. The zero-order valence-corrected chi connectivity index (χ0v) is 13.7. The molecule has 0 amide bonds. The highest BCUT2D eigenvalue weighted by Gasteiger charge is 2.40. The van der Waals surface area contributed by atoms with E-state index in [1.807, 2.05) is 11.8 Å². The van der Waals surface area contributed by atoms with E-state index in [2.05, 4.69) is 57.3 Å². The van der Waals surface area contributed by atoms with E-state index < -0.39 is 0 Å². The Labute approximate surface area is 127 Å². The second-order valence-corrected chi connectivity index (χ2v) is 7.59. The lowest BCUT2D eigenvalue weighted by molar-refractivity contribution is 0.386. The summed E-state index contributed by atoms with van der Waals surface area (Å²) in [5.41, 5.74) is 2.33. The van der Waals surface area contributed by atoms with Crippen molar-refractivity contribution in [3.63, 3.8) is 0 Å². The van der Waals surface area contributed by atoms with Gasteiger partial charge in [-0.3, -0.25) is 5.32 Å².